The van der Waals surface area contributed by atoms with Crippen LogP contribution in [0.2, 0.25) is 10.0 Å². The maximum absolute atomic E-state index is 13.6. The highest BCUT2D eigenvalue weighted by molar-refractivity contribution is 7.89. The van der Waals surface area contributed by atoms with Gasteiger partial charge in [-0.3, -0.25) is 19.2 Å². The number of carbonyl (C=O) groups excluding carboxylic acids is 4. The number of benzene rings is 4. The molecule has 39 heavy (non-hydrogen) atoms. The Morgan fingerprint density at radius 2 is 0.795 bits per heavy atom. The Morgan fingerprint density at radius 3 is 1.15 bits per heavy atom. The van der Waals surface area contributed by atoms with Gasteiger partial charge in [0.1, 0.15) is 0 Å². The molecule has 6 rings (SSSR count). The quantitative estimate of drug-likeness (QED) is 0.298. The van der Waals surface area contributed by atoms with Gasteiger partial charge < -0.3 is 0 Å². The Hall–Kier alpha value is -4.31. The summed E-state index contributed by atoms with van der Waals surface area (Å²) in [5, 5.41) is -0.264. The highest BCUT2D eigenvalue weighted by atomic mass is 35.5. The van der Waals surface area contributed by atoms with Crippen LogP contribution in [0.25, 0.3) is 22.3 Å². The maximum atomic E-state index is 13.6. The van der Waals surface area contributed by atoms with Crippen LogP contribution in [-0.4, -0.2) is 40.7 Å². The topological polar surface area (TPSA) is 109 Å². The summed E-state index contributed by atoms with van der Waals surface area (Å²) >= 11 is 13.0. The zero-order valence-corrected chi connectivity index (χ0v) is 21.9. The second-order valence-electron chi connectivity index (χ2n) is 8.69. The van der Waals surface area contributed by atoms with Gasteiger partial charge in [0.05, 0.1) is 32.3 Å². The van der Waals surface area contributed by atoms with Crippen LogP contribution in [-0.2, 0) is 10.2 Å². The zero-order chi connectivity index (χ0) is 27.6. The molecule has 11 heteroatoms. The highest BCUT2D eigenvalue weighted by Gasteiger charge is 2.54. The molecule has 2 aliphatic heterocycles. The molecule has 0 unspecified atom stereocenters. The first-order chi connectivity index (χ1) is 18.6. The molecule has 4 aromatic carbocycles. The predicted molar refractivity (Wildman–Crippen MR) is 144 cm³/mol. The average Bonchev–Trinajstić information content (AvgIpc) is 3.35. The van der Waals surface area contributed by atoms with Crippen molar-refractivity contribution in [2.75, 3.05) is 0 Å². The molecular formula is C28H14Cl2N2O6S. The van der Waals surface area contributed by atoms with Gasteiger partial charge in [-0.05, 0) is 23.3 Å². The lowest BCUT2D eigenvalue weighted by molar-refractivity contribution is 0.0728. The Balaban J connectivity index is 1.42. The number of imide groups is 2. The van der Waals surface area contributed by atoms with Crippen LogP contribution in [0.3, 0.4) is 0 Å². The number of hydrogen-bond donors (Lipinski definition) is 0. The predicted octanol–water partition coefficient (Wildman–Crippen LogP) is 5.46. The number of rotatable bonds is 4. The van der Waals surface area contributed by atoms with E-state index < -0.39 is 33.8 Å². The van der Waals surface area contributed by atoms with E-state index in [0.717, 1.165) is 0 Å². The fraction of sp³-hybridized carbons (Fsp3) is 0. The third-order valence-corrected chi connectivity index (χ3v) is 8.91. The molecule has 2 heterocycles. The lowest BCUT2D eigenvalue weighted by Gasteiger charge is -2.20. The Morgan fingerprint density at radius 1 is 0.462 bits per heavy atom. The second kappa shape index (κ2) is 8.88. The monoisotopic (exact) mass is 576 g/mol. The first-order valence-corrected chi connectivity index (χ1v) is 13.6. The molecule has 4 amide bonds. The molecule has 0 aromatic heterocycles. The SMILES string of the molecule is O=C1c2ccc(-c3ccccc3)c(Cl)c2C(=O)N1S(=O)(=O)N1C(=O)c2ccc(-c3ccccc3)c(Cl)c2C1=O. The minimum atomic E-state index is -5.31. The molecule has 8 nitrogen and oxygen atoms in total. The summed E-state index contributed by atoms with van der Waals surface area (Å²) in [6, 6.07) is 23.0. The summed E-state index contributed by atoms with van der Waals surface area (Å²) in [4.78, 5) is 53.1. The van der Waals surface area contributed by atoms with Gasteiger partial charge >= 0.3 is 10.2 Å². The van der Waals surface area contributed by atoms with Gasteiger partial charge in [0.25, 0.3) is 23.6 Å². The molecule has 0 saturated carbocycles. The Labute approximate surface area is 232 Å². The molecule has 4 aromatic rings. The third-order valence-electron chi connectivity index (χ3n) is 6.54. The van der Waals surface area contributed by atoms with E-state index in [4.69, 9.17) is 23.2 Å². The van der Waals surface area contributed by atoms with Crippen molar-refractivity contribution in [1.29, 1.82) is 0 Å². The van der Waals surface area contributed by atoms with Crippen molar-refractivity contribution in [2.45, 2.75) is 0 Å². The zero-order valence-electron chi connectivity index (χ0n) is 19.6. The van der Waals surface area contributed by atoms with Crippen LogP contribution in [0.1, 0.15) is 41.4 Å². The number of amides is 4. The molecule has 0 radical (unpaired) electrons. The fourth-order valence-corrected chi connectivity index (χ4v) is 6.81. The Bertz CT molecular complexity index is 1740. The van der Waals surface area contributed by atoms with Crippen LogP contribution in [0, 0.1) is 0 Å². The highest BCUT2D eigenvalue weighted by Crippen LogP contribution is 2.41. The van der Waals surface area contributed by atoms with Crippen LogP contribution in [0.5, 0.6) is 0 Å². The number of carbonyl (C=O) groups is 4. The maximum Gasteiger partial charge on any atom is 0.345 e. The number of nitrogens with zero attached hydrogens (tertiary/aromatic N) is 2. The van der Waals surface area contributed by atoms with E-state index >= 15 is 0 Å². The van der Waals surface area contributed by atoms with E-state index in [9.17, 15) is 27.6 Å². The van der Waals surface area contributed by atoms with E-state index in [2.05, 4.69) is 0 Å². The molecule has 0 fully saturated rings. The molecule has 0 N–H and O–H groups in total. The molecule has 2 aliphatic rings. The summed E-state index contributed by atoms with van der Waals surface area (Å²) in [5.41, 5.74) is 0.852. The molecule has 0 spiro atoms. The van der Waals surface area contributed by atoms with Gasteiger partial charge in [0.2, 0.25) is 0 Å². The summed E-state index contributed by atoms with van der Waals surface area (Å²) in [6.07, 6.45) is 0. The van der Waals surface area contributed by atoms with Gasteiger partial charge in [0, 0.05) is 11.1 Å². The van der Waals surface area contributed by atoms with E-state index in [0.29, 0.717) is 22.3 Å². The average molecular weight is 577 g/mol. The molecule has 0 atom stereocenters. The fourth-order valence-electron chi connectivity index (χ4n) is 4.72. The van der Waals surface area contributed by atoms with Crippen LogP contribution in [0.4, 0.5) is 0 Å². The molecule has 192 valence electrons. The minimum absolute atomic E-state index is 0.105. The lowest BCUT2D eigenvalue weighted by Crippen LogP contribution is -2.49. The summed E-state index contributed by atoms with van der Waals surface area (Å²) in [5.74, 6) is -5.01. The summed E-state index contributed by atoms with van der Waals surface area (Å²) in [7, 11) is -5.31. The number of hydrogen-bond acceptors (Lipinski definition) is 6. The van der Waals surface area contributed by atoms with Crippen molar-refractivity contribution in [3.05, 3.63) is 117 Å². The second-order valence-corrected chi connectivity index (χ2v) is 11.1. The van der Waals surface area contributed by atoms with Crippen molar-refractivity contribution >= 4 is 57.0 Å². The summed E-state index contributed by atoms with van der Waals surface area (Å²) < 4.78 is 27.0. The van der Waals surface area contributed by atoms with Gasteiger partial charge in [0.15, 0.2) is 0 Å². The van der Waals surface area contributed by atoms with Gasteiger partial charge in [-0.2, -0.15) is 8.42 Å². The van der Waals surface area contributed by atoms with Crippen LogP contribution >= 0.6 is 23.2 Å². The standard InChI is InChI=1S/C28H14Cl2N2O6S/c29-23-17(15-7-3-1-4-8-15)11-13-19-21(23)27(35)31(25(19)33)39(37,38)32-26(34)20-14-12-18(16-9-5-2-6-10-16)24(30)22(20)28(32)36/h1-14H. The molecule has 0 aliphatic carbocycles. The molecule has 0 bridgehead atoms. The van der Waals surface area contributed by atoms with Gasteiger partial charge in [-0.25, -0.2) is 0 Å². The van der Waals surface area contributed by atoms with E-state index in [1.54, 1.807) is 60.7 Å². The Kier molecular flexibility index (Phi) is 5.69. The van der Waals surface area contributed by atoms with Crippen molar-refractivity contribution in [3.8, 4) is 22.3 Å². The third kappa shape index (κ3) is 3.55. The van der Waals surface area contributed by atoms with Crippen molar-refractivity contribution in [1.82, 2.24) is 8.61 Å². The van der Waals surface area contributed by atoms with E-state index in [-0.39, 0.29) is 40.9 Å². The van der Waals surface area contributed by atoms with E-state index in [1.165, 1.54) is 24.3 Å². The van der Waals surface area contributed by atoms with Crippen molar-refractivity contribution in [3.63, 3.8) is 0 Å². The molecule has 0 saturated heterocycles. The summed E-state index contributed by atoms with van der Waals surface area (Å²) in [6.45, 7) is 0. The first kappa shape index (κ1) is 25.0. The van der Waals surface area contributed by atoms with Crippen LogP contribution in [0.15, 0.2) is 84.9 Å². The lowest BCUT2D eigenvalue weighted by atomic mass is 10.00. The van der Waals surface area contributed by atoms with Gasteiger partial charge in [-0.1, -0.05) is 96.0 Å². The van der Waals surface area contributed by atoms with Crippen LogP contribution < -0.4 is 0 Å². The van der Waals surface area contributed by atoms with Crippen molar-refractivity contribution < 1.29 is 27.6 Å². The van der Waals surface area contributed by atoms with Gasteiger partial charge in [-0.15, -0.1) is 8.61 Å². The van der Waals surface area contributed by atoms with E-state index in [1.807, 2.05) is 0 Å². The molecular weight excluding hydrogens is 563 g/mol. The normalized spacial score (nSPS) is 14.7. The smallest absolute Gasteiger partial charge is 0.267 e. The largest absolute Gasteiger partial charge is 0.345 e. The number of halogens is 2. The minimum Gasteiger partial charge on any atom is -0.267 e. The number of fused-ring (bicyclic) bond motifs is 2. The first-order valence-electron chi connectivity index (χ1n) is 11.4. The van der Waals surface area contributed by atoms with Crippen molar-refractivity contribution in [2.24, 2.45) is 0 Å².